The van der Waals surface area contributed by atoms with Gasteiger partial charge in [0, 0.05) is 7.11 Å². The van der Waals surface area contributed by atoms with Gasteiger partial charge in [-0.25, -0.2) is 0 Å². The highest BCUT2D eigenvalue weighted by Crippen LogP contribution is 2.16. The Morgan fingerprint density at radius 2 is 2.06 bits per heavy atom. The van der Waals surface area contributed by atoms with E-state index in [-0.39, 0.29) is 5.91 Å². The van der Waals surface area contributed by atoms with Crippen molar-refractivity contribution >= 4 is 5.91 Å². The average Bonchev–Trinajstić information content (AvgIpc) is 2.30. The maximum atomic E-state index is 12.1. The van der Waals surface area contributed by atoms with Gasteiger partial charge < -0.3 is 10.1 Å². The maximum absolute atomic E-state index is 12.1. The summed E-state index contributed by atoms with van der Waals surface area (Å²) in [5.74, 6) is -1.09. The molecule has 4 heteroatoms. The SMILES string of the molecule is COCC(C)(C)NC(=O)C(C#N)c1ccccc1. The molecule has 4 nitrogen and oxygen atoms in total. The average molecular weight is 246 g/mol. The van der Waals surface area contributed by atoms with Crippen LogP contribution in [-0.2, 0) is 9.53 Å². The predicted octanol–water partition coefficient (Wildman–Crippen LogP) is 1.83. The lowest BCUT2D eigenvalue weighted by Gasteiger charge is -2.26. The highest BCUT2D eigenvalue weighted by atomic mass is 16.5. The smallest absolute Gasteiger partial charge is 0.242 e. The zero-order valence-electron chi connectivity index (χ0n) is 10.9. The number of carbonyl (C=O) groups excluding carboxylic acids is 1. The molecule has 0 aliphatic rings. The first kappa shape index (κ1) is 14.2. The van der Waals surface area contributed by atoms with Crippen LogP contribution in [0.15, 0.2) is 30.3 Å². The van der Waals surface area contributed by atoms with Crippen LogP contribution >= 0.6 is 0 Å². The molecule has 0 bridgehead atoms. The normalized spacial score (nSPS) is 12.6. The third kappa shape index (κ3) is 3.86. The molecule has 0 saturated carbocycles. The quantitative estimate of drug-likeness (QED) is 0.862. The molecule has 0 aliphatic carbocycles. The fourth-order valence-corrected chi connectivity index (χ4v) is 1.73. The van der Waals surface area contributed by atoms with Crippen molar-refractivity contribution in [2.45, 2.75) is 25.3 Å². The van der Waals surface area contributed by atoms with E-state index in [0.29, 0.717) is 12.2 Å². The molecule has 1 aromatic carbocycles. The first-order valence-electron chi connectivity index (χ1n) is 5.75. The lowest BCUT2D eigenvalue weighted by atomic mass is 9.98. The van der Waals surface area contributed by atoms with Crippen molar-refractivity contribution in [2.75, 3.05) is 13.7 Å². The van der Waals surface area contributed by atoms with Crippen molar-refractivity contribution in [3.63, 3.8) is 0 Å². The van der Waals surface area contributed by atoms with Crippen LogP contribution < -0.4 is 5.32 Å². The first-order valence-corrected chi connectivity index (χ1v) is 5.75. The van der Waals surface area contributed by atoms with Gasteiger partial charge in [-0.1, -0.05) is 30.3 Å². The van der Waals surface area contributed by atoms with Crippen LogP contribution in [0.5, 0.6) is 0 Å². The summed E-state index contributed by atoms with van der Waals surface area (Å²) in [7, 11) is 1.58. The van der Waals surface area contributed by atoms with E-state index in [9.17, 15) is 4.79 Å². The van der Waals surface area contributed by atoms with Crippen LogP contribution in [0.2, 0.25) is 0 Å². The van der Waals surface area contributed by atoms with E-state index in [1.165, 1.54) is 0 Å². The van der Waals surface area contributed by atoms with E-state index in [1.807, 2.05) is 38.1 Å². The summed E-state index contributed by atoms with van der Waals surface area (Å²) in [5.41, 5.74) is 0.209. The van der Waals surface area contributed by atoms with E-state index in [2.05, 4.69) is 5.32 Å². The van der Waals surface area contributed by atoms with E-state index < -0.39 is 11.5 Å². The minimum Gasteiger partial charge on any atom is -0.382 e. The van der Waals surface area contributed by atoms with Gasteiger partial charge in [0.1, 0.15) is 5.92 Å². The third-order valence-corrected chi connectivity index (χ3v) is 2.49. The van der Waals surface area contributed by atoms with Gasteiger partial charge in [-0.2, -0.15) is 5.26 Å². The van der Waals surface area contributed by atoms with Crippen molar-refractivity contribution in [3.8, 4) is 6.07 Å². The molecule has 1 rings (SSSR count). The second-order valence-corrected chi connectivity index (χ2v) is 4.78. The van der Waals surface area contributed by atoms with Gasteiger partial charge >= 0.3 is 0 Å². The zero-order chi connectivity index (χ0) is 13.6. The van der Waals surface area contributed by atoms with Gasteiger partial charge in [-0.05, 0) is 19.4 Å². The van der Waals surface area contributed by atoms with E-state index in [1.54, 1.807) is 19.2 Å². The van der Waals surface area contributed by atoms with E-state index in [4.69, 9.17) is 10.00 Å². The summed E-state index contributed by atoms with van der Waals surface area (Å²) in [6.45, 7) is 4.10. The fourth-order valence-electron chi connectivity index (χ4n) is 1.73. The van der Waals surface area contributed by atoms with Crippen molar-refractivity contribution in [2.24, 2.45) is 0 Å². The second kappa shape index (κ2) is 6.18. The number of rotatable bonds is 5. The van der Waals surface area contributed by atoms with Gasteiger partial charge in [0.25, 0.3) is 0 Å². The monoisotopic (exact) mass is 246 g/mol. The number of carbonyl (C=O) groups is 1. The van der Waals surface area contributed by atoms with Gasteiger partial charge in [-0.3, -0.25) is 4.79 Å². The zero-order valence-corrected chi connectivity index (χ0v) is 10.9. The highest BCUT2D eigenvalue weighted by Gasteiger charge is 2.26. The fraction of sp³-hybridized carbons (Fsp3) is 0.429. The molecular formula is C14H18N2O2. The summed E-state index contributed by atoms with van der Waals surface area (Å²) in [4.78, 5) is 12.1. The Kier molecular flexibility index (Phi) is 4.87. The van der Waals surface area contributed by atoms with Crippen LogP contribution in [0.4, 0.5) is 0 Å². The van der Waals surface area contributed by atoms with Crippen LogP contribution in [0, 0.1) is 11.3 Å². The molecule has 1 atom stereocenters. The molecule has 1 aromatic rings. The third-order valence-electron chi connectivity index (χ3n) is 2.49. The van der Waals surface area contributed by atoms with Crippen LogP contribution in [0.3, 0.4) is 0 Å². The van der Waals surface area contributed by atoms with Crippen molar-refractivity contribution in [1.29, 1.82) is 5.26 Å². The predicted molar refractivity (Wildman–Crippen MR) is 68.9 cm³/mol. The summed E-state index contributed by atoms with van der Waals surface area (Å²) in [6.07, 6.45) is 0. The molecule has 0 fully saturated rings. The number of methoxy groups -OCH3 is 1. The number of nitrogens with one attached hydrogen (secondary N) is 1. The Bertz CT molecular complexity index is 435. The van der Waals surface area contributed by atoms with Gasteiger partial charge in [0.05, 0.1) is 18.2 Å². The van der Waals surface area contributed by atoms with Crippen LogP contribution in [-0.4, -0.2) is 25.2 Å². The standard InChI is InChI=1S/C14H18N2O2/c1-14(2,10-18-3)16-13(17)12(9-15)11-7-5-4-6-8-11/h4-8,12H,10H2,1-3H3,(H,16,17). The van der Waals surface area contributed by atoms with Gasteiger partial charge in [0.2, 0.25) is 5.91 Å². The number of amides is 1. The number of hydrogen-bond acceptors (Lipinski definition) is 3. The number of ether oxygens (including phenoxy) is 1. The molecule has 0 aliphatic heterocycles. The maximum Gasteiger partial charge on any atom is 0.242 e. The molecule has 0 spiro atoms. The lowest BCUT2D eigenvalue weighted by molar-refractivity contribution is -0.123. The summed E-state index contributed by atoms with van der Waals surface area (Å²) < 4.78 is 5.03. The Hall–Kier alpha value is -1.86. The summed E-state index contributed by atoms with van der Waals surface area (Å²) in [6, 6.07) is 11.1. The number of hydrogen-bond donors (Lipinski definition) is 1. The van der Waals surface area contributed by atoms with Gasteiger partial charge in [0.15, 0.2) is 0 Å². The number of nitriles is 1. The molecule has 0 heterocycles. The molecule has 1 amide bonds. The van der Waals surface area contributed by atoms with E-state index in [0.717, 1.165) is 0 Å². The Labute approximate surface area is 108 Å². The molecule has 0 aromatic heterocycles. The molecular weight excluding hydrogens is 228 g/mol. The summed E-state index contributed by atoms with van der Waals surface area (Å²) in [5, 5.41) is 12.0. The largest absolute Gasteiger partial charge is 0.382 e. The molecule has 1 N–H and O–H groups in total. The molecule has 0 saturated heterocycles. The minimum absolute atomic E-state index is 0.300. The highest BCUT2D eigenvalue weighted by molar-refractivity contribution is 5.86. The topological polar surface area (TPSA) is 62.1 Å². The lowest BCUT2D eigenvalue weighted by Crippen LogP contribution is -2.48. The summed E-state index contributed by atoms with van der Waals surface area (Å²) >= 11 is 0. The van der Waals surface area contributed by atoms with Crippen LogP contribution in [0.25, 0.3) is 0 Å². The van der Waals surface area contributed by atoms with E-state index >= 15 is 0 Å². The number of benzene rings is 1. The Morgan fingerprint density at radius 1 is 1.44 bits per heavy atom. The molecule has 18 heavy (non-hydrogen) atoms. The number of nitrogens with zero attached hydrogens (tertiary/aromatic N) is 1. The Balaban J connectivity index is 2.79. The molecule has 0 radical (unpaired) electrons. The van der Waals surface area contributed by atoms with Crippen molar-refractivity contribution in [1.82, 2.24) is 5.32 Å². The first-order chi connectivity index (χ1) is 8.50. The second-order valence-electron chi connectivity index (χ2n) is 4.78. The van der Waals surface area contributed by atoms with Crippen LogP contribution in [0.1, 0.15) is 25.3 Å². The van der Waals surface area contributed by atoms with Crippen molar-refractivity contribution < 1.29 is 9.53 Å². The molecule has 1 unspecified atom stereocenters. The minimum atomic E-state index is -0.790. The van der Waals surface area contributed by atoms with Crippen molar-refractivity contribution in [3.05, 3.63) is 35.9 Å². The Morgan fingerprint density at radius 3 is 2.56 bits per heavy atom. The molecule has 96 valence electrons. The van der Waals surface area contributed by atoms with Gasteiger partial charge in [-0.15, -0.1) is 0 Å².